The van der Waals surface area contributed by atoms with Gasteiger partial charge in [0.05, 0.1) is 22.8 Å². The fourth-order valence-corrected chi connectivity index (χ4v) is 3.70. The number of rotatable bonds is 9. The van der Waals surface area contributed by atoms with E-state index in [1.54, 1.807) is 10.6 Å². The first-order valence-electron chi connectivity index (χ1n) is 9.26. The number of carbonyl (C=O) groups is 2. The molecule has 31 heavy (non-hydrogen) atoms. The van der Waals surface area contributed by atoms with Crippen LogP contribution in [0.5, 0.6) is 0 Å². The number of aromatic nitrogens is 3. The van der Waals surface area contributed by atoms with E-state index in [0.29, 0.717) is 17.5 Å². The maximum atomic E-state index is 13.7. The molecule has 0 spiro atoms. The molecule has 3 aromatic rings. The topological polar surface area (TPSA) is 120 Å². The summed E-state index contributed by atoms with van der Waals surface area (Å²) < 4.78 is 15.5. The molecule has 0 saturated carbocycles. The molecule has 3 rings (SSSR count). The predicted molar refractivity (Wildman–Crippen MR) is 111 cm³/mol. The summed E-state index contributed by atoms with van der Waals surface area (Å²) >= 11 is 1.14. The van der Waals surface area contributed by atoms with Gasteiger partial charge in [-0.05, 0) is 19.1 Å². The standard InChI is InChI=1S/C20H18FN5O4S/c1-2-25-18(11-22-19(28)15-8-3-4-9-16(15)21)23-24-20(25)31-12-17(27)13-6-5-7-14(10-13)26(29)30/h3-10H,2,11-12H2,1H3,(H,22,28). The second-order valence-corrected chi connectivity index (χ2v) is 7.27. The van der Waals surface area contributed by atoms with E-state index in [2.05, 4.69) is 15.5 Å². The summed E-state index contributed by atoms with van der Waals surface area (Å²) in [6, 6.07) is 11.2. The highest BCUT2D eigenvalue weighted by Crippen LogP contribution is 2.20. The van der Waals surface area contributed by atoms with Crippen molar-refractivity contribution in [1.82, 2.24) is 20.1 Å². The molecule has 1 heterocycles. The smallest absolute Gasteiger partial charge is 0.270 e. The monoisotopic (exact) mass is 443 g/mol. The third-order valence-corrected chi connectivity index (χ3v) is 5.31. The van der Waals surface area contributed by atoms with Gasteiger partial charge < -0.3 is 9.88 Å². The zero-order valence-corrected chi connectivity index (χ0v) is 17.3. The number of nitrogens with one attached hydrogen (secondary N) is 1. The van der Waals surface area contributed by atoms with Crippen LogP contribution in [0.4, 0.5) is 10.1 Å². The number of hydrogen-bond donors (Lipinski definition) is 1. The van der Waals surface area contributed by atoms with Crippen molar-refractivity contribution >= 4 is 29.1 Å². The first-order chi connectivity index (χ1) is 14.9. The molecule has 0 aliphatic heterocycles. The van der Waals surface area contributed by atoms with Crippen LogP contribution in [0.1, 0.15) is 33.5 Å². The Labute approximate surface area is 180 Å². The van der Waals surface area contributed by atoms with Gasteiger partial charge in [-0.3, -0.25) is 19.7 Å². The maximum absolute atomic E-state index is 13.7. The van der Waals surface area contributed by atoms with E-state index in [4.69, 9.17) is 0 Å². The lowest BCUT2D eigenvalue weighted by Gasteiger charge is -2.09. The number of amides is 1. The lowest BCUT2D eigenvalue weighted by molar-refractivity contribution is -0.384. The Morgan fingerprint density at radius 3 is 2.68 bits per heavy atom. The van der Waals surface area contributed by atoms with E-state index >= 15 is 0 Å². The summed E-state index contributed by atoms with van der Waals surface area (Å²) in [6.07, 6.45) is 0. The largest absolute Gasteiger partial charge is 0.345 e. The highest BCUT2D eigenvalue weighted by atomic mass is 32.2. The van der Waals surface area contributed by atoms with Crippen molar-refractivity contribution in [3.05, 3.63) is 81.4 Å². The zero-order valence-electron chi connectivity index (χ0n) is 16.4. The normalized spacial score (nSPS) is 10.6. The molecule has 1 amide bonds. The molecule has 0 fully saturated rings. The Bertz CT molecular complexity index is 1130. The van der Waals surface area contributed by atoms with E-state index in [1.165, 1.54) is 42.5 Å². The van der Waals surface area contributed by atoms with Gasteiger partial charge in [-0.1, -0.05) is 36.0 Å². The number of halogens is 1. The number of ketones is 1. The maximum Gasteiger partial charge on any atom is 0.270 e. The molecular weight excluding hydrogens is 425 g/mol. The Balaban J connectivity index is 1.64. The quantitative estimate of drug-likeness (QED) is 0.233. The van der Waals surface area contributed by atoms with Crippen molar-refractivity contribution in [3.8, 4) is 0 Å². The molecule has 0 atom stereocenters. The SMILES string of the molecule is CCn1c(CNC(=O)c2ccccc2F)nnc1SCC(=O)c1cccc([N+](=O)[O-])c1. The molecule has 1 N–H and O–H groups in total. The molecule has 0 unspecified atom stereocenters. The van der Waals surface area contributed by atoms with Crippen LogP contribution in [0.25, 0.3) is 0 Å². The van der Waals surface area contributed by atoms with E-state index in [0.717, 1.165) is 11.8 Å². The molecule has 11 heteroatoms. The molecular formula is C20H18FN5O4S. The number of carbonyl (C=O) groups excluding carboxylic acids is 2. The number of non-ortho nitro benzene ring substituents is 1. The summed E-state index contributed by atoms with van der Waals surface area (Å²) in [4.78, 5) is 34.9. The second kappa shape index (κ2) is 9.94. The minimum absolute atomic E-state index is 0.0148. The van der Waals surface area contributed by atoms with Crippen molar-refractivity contribution in [2.45, 2.75) is 25.2 Å². The third-order valence-electron chi connectivity index (χ3n) is 4.35. The molecule has 1 aromatic heterocycles. The lowest BCUT2D eigenvalue weighted by Crippen LogP contribution is -2.25. The molecule has 0 aliphatic rings. The first-order valence-corrected chi connectivity index (χ1v) is 10.2. The van der Waals surface area contributed by atoms with Crippen LogP contribution in [0.15, 0.2) is 53.7 Å². The fraction of sp³-hybridized carbons (Fsp3) is 0.200. The van der Waals surface area contributed by atoms with Gasteiger partial charge in [0.2, 0.25) is 0 Å². The van der Waals surface area contributed by atoms with Gasteiger partial charge in [-0.25, -0.2) is 4.39 Å². The predicted octanol–water partition coefficient (Wildman–Crippen LogP) is 3.25. The highest BCUT2D eigenvalue weighted by Gasteiger charge is 2.17. The van der Waals surface area contributed by atoms with Gasteiger partial charge in [-0.15, -0.1) is 10.2 Å². The molecule has 0 radical (unpaired) electrons. The first kappa shape index (κ1) is 22.1. The molecule has 0 bridgehead atoms. The number of thioether (sulfide) groups is 1. The van der Waals surface area contributed by atoms with Crippen molar-refractivity contribution in [2.24, 2.45) is 0 Å². The molecule has 0 saturated heterocycles. The molecule has 9 nitrogen and oxygen atoms in total. The molecule has 160 valence electrons. The summed E-state index contributed by atoms with van der Waals surface area (Å²) in [5.74, 6) is -1.00. The van der Waals surface area contributed by atoms with Crippen LogP contribution in [0, 0.1) is 15.9 Å². The molecule has 0 aliphatic carbocycles. The van der Waals surface area contributed by atoms with Crippen LogP contribution in [0.2, 0.25) is 0 Å². The van der Waals surface area contributed by atoms with Gasteiger partial charge in [0.15, 0.2) is 16.8 Å². The highest BCUT2D eigenvalue weighted by molar-refractivity contribution is 7.99. The van der Waals surface area contributed by atoms with Crippen LogP contribution in [0.3, 0.4) is 0 Å². The third kappa shape index (κ3) is 5.31. The van der Waals surface area contributed by atoms with Crippen molar-refractivity contribution in [3.63, 3.8) is 0 Å². The van der Waals surface area contributed by atoms with Gasteiger partial charge in [-0.2, -0.15) is 0 Å². The second-order valence-electron chi connectivity index (χ2n) is 6.32. The van der Waals surface area contributed by atoms with E-state index < -0.39 is 16.6 Å². The number of nitrogens with zero attached hydrogens (tertiary/aromatic N) is 4. The average Bonchev–Trinajstić information content (AvgIpc) is 3.17. The van der Waals surface area contributed by atoms with E-state index in [-0.39, 0.29) is 34.9 Å². The van der Waals surface area contributed by atoms with E-state index in [9.17, 15) is 24.1 Å². The van der Waals surface area contributed by atoms with Crippen LogP contribution < -0.4 is 5.32 Å². The van der Waals surface area contributed by atoms with Crippen molar-refractivity contribution < 1.29 is 18.9 Å². The van der Waals surface area contributed by atoms with E-state index in [1.807, 2.05) is 6.92 Å². The number of Topliss-reactive ketones (excluding diaryl/α,β-unsaturated/α-hetero) is 1. The minimum atomic E-state index is -0.618. The summed E-state index contributed by atoms with van der Waals surface area (Å²) in [6.45, 7) is 2.39. The van der Waals surface area contributed by atoms with Crippen molar-refractivity contribution in [2.75, 3.05) is 5.75 Å². The Morgan fingerprint density at radius 1 is 1.19 bits per heavy atom. The average molecular weight is 443 g/mol. The number of benzene rings is 2. The van der Waals surface area contributed by atoms with Crippen LogP contribution in [-0.4, -0.2) is 37.1 Å². The number of nitro groups is 1. The van der Waals surface area contributed by atoms with Crippen molar-refractivity contribution in [1.29, 1.82) is 0 Å². The Kier molecular flexibility index (Phi) is 7.08. The summed E-state index contributed by atoms with van der Waals surface area (Å²) in [5, 5.41) is 22.1. The molecule has 2 aromatic carbocycles. The van der Waals surface area contributed by atoms with Crippen LogP contribution in [-0.2, 0) is 13.1 Å². The Morgan fingerprint density at radius 2 is 1.97 bits per heavy atom. The Hall–Kier alpha value is -3.60. The lowest BCUT2D eigenvalue weighted by atomic mass is 10.1. The van der Waals surface area contributed by atoms with Crippen LogP contribution >= 0.6 is 11.8 Å². The minimum Gasteiger partial charge on any atom is -0.345 e. The number of hydrogen-bond acceptors (Lipinski definition) is 7. The summed E-state index contributed by atoms with van der Waals surface area (Å²) in [7, 11) is 0. The fourth-order valence-electron chi connectivity index (χ4n) is 2.78. The van der Waals surface area contributed by atoms with Gasteiger partial charge in [0.25, 0.3) is 11.6 Å². The summed E-state index contributed by atoms with van der Waals surface area (Å²) in [5.41, 5.74) is 0.0179. The van der Waals surface area contributed by atoms with Gasteiger partial charge in [0.1, 0.15) is 5.82 Å². The number of nitro benzene ring substituents is 1. The van der Waals surface area contributed by atoms with Gasteiger partial charge >= 0.3 is 0 Å². The van der Waals surface area contributed by atoms with Gasteiger partial charge in [0, 0.05) is 24.2 Å². The zero-order chi connectivity index (χ0) is 22.4.